The number of amides is 1. The Morgan fingerprint density at radius 2 is 2.03 bits per heavy atom. The van der Waals surface area contributed by atoms with Crippen LogP contribution in [0.2, 0.25) is 5.02 Å². The van der Waals surface area contributed by atoms with Crippen LogP contribution < -0.4 is 0 Å². The molecule has 1 fully saturated rings. The second-order valence-corrected chi connectivity index (χ2v) is 7.90. The maximum absolute atomic E-state index is 12.7. The number of carbonyl (C=O) groups excluding carboxylic acids is 1. The normalized spacial score (nSPS) is 16.0. The average molecular weight is 435 g/mol. The summed E-state index contributed by atoms with van der Waals surface area (Å²) in [6.07, 6.45) is 2.93. The van der Waals surface area contributed by atoms with Crippen LogP contribution in [0.15, 0.2) is 65.3 Å². The molecule has 0 spiro atoms. The lowest BCUT2D eigenvalue weighted by molar-refractivity contribution is -0.129. The van der Waals surface area contributed by atoms with E-state index in [1.807, 2.05) is 53.4 Å². The molecule has 2 aromatic heterocycles. The van der Waals surface area contributed by atoms with Crippen LogP contribution in [-0.2, 0) is 11.2 Å². The highest BCUT2D eigenvalue weighted by Crippen LogP contribution is 2.25. The van der Waals surface area contributed by atoms with E-state index in [1.54, 1.807) is 16.9 Å². The van der Waals surface area contributed by atoms with Crippen molar-refractivity contribution in [1.29, 1.82) is 0 Å². The summed E-state index contributed by atoms with van der Waals surface area (Å²) in [7, 11) is 0. The molecular weight excluding hydrogens is 416 g/mol. The second kappa shape index (κ2) is 8.31. The van der Waals surface area contributed by atoms with Crippen LogP contribution in [0.4, 0.5) is 0 Å². The summed E-state index contributed by atoms with van der Waals surface area (Å²) in [5.41, 5.74) is 2.29. The van der Waals surface area contributed by atoms with Crippen molar-refractivity contribution in [2.24, 2.45) is 0 Å². The van der Waals surface area contributed by atoms with Gasteiger partial charge in [-0.15, -0.1) is 5.10 Å². The number of rotatable bonds is 5. The van der Waals surface area contributed by atoms with Gasteiger partial charge in [-0.2, -0.15) is 4.98 Å². The first-order chi connectivity index (χ1) is 15.2. The van der Waals surface area contributed by atoms with Crippen molar-refractivity contribution in [3.63, 3.8) is 0 Å². The highest BCUT2D eigenvalue weighted by atomic mass is 35.5. The average Bonchev–Trinajstić information content (AvgIpc) is 3.54. The van der Waals surface area contributed by atoms with Crippen molar-refractivity contribution in [1.82, 2.24) is 30.0 Å². The summed E-state index contributed by atoms with van der Waals surface area (Å²) in [6.45, 7) is 1.26. The van der Waals surface area contributed by atoms with Gasteiger partial charge >= 0.3 is 0 Å². The monoisotopic (exact) mass is 434 g/mol. The molecule has 0 unspecified atom stereocenters. The Hall–Kier alpha value is -3.52. The molecule has 2 aromatic carbocycles. The Labute approximate surface area is 183 Å². The molecule has 0 aliphatic carbocycles. The first kappa shape index (κ1) is 19.4. The molecule has 31 heavy (non-hydrogen) atoms. The van der Waals surface area contributed by atoms with Gasteiger partial charge in [0.05, 0.1) is 18.7 Å². The minimum atomic E-state index is 0.0566. The molecule has 0 saturated carbocycles. The van der Waals surface area contributed by atoms with Crippen molar-refractivity contribution in [3.05, 3.63) is 71.4 Å². The number of likely N-dealkylation sites (tertiary alicyclic amines) is 1. The largest absolute Gasteiger partial charge is 0.340 e. The van der Waals surface area contributed by atoms with Crippen LogP contribution in [0.3, 0.4) is 0 Å². The van der Waals surface area contributed by atoms with Crippen molar-refractivity contribution in [3.8, 4) is 23.0 Å². The lowest BCUT2D eigenvalue weighted by atomic mass is 10.1. The number of aromatic nitrogens is 5. The van der Waals surface area contributed by atoms with Gasteiger partial charge < -0.3 is 9.42 Å². The summed E-state index contributed by atoms with van der Waals surface area (Å²) in [4.78, 5) is 18.9. The molecule has 5 rings (SSSR count). The van der Waals surface area contributed by atoms with Gasteiger partial charge in [-0.1, -0.05) is 64.4 Å². The van der Waals surface area contributed by atoms with Crippen LogP contribution in [-0.4, -0.2) is 49.0 Å². The quantitative estimate of drug-likeness (QED) is 0.476. The summed E-state index contributed by atoms with van der Waals surface area (Å²) in [5, 5.41) is 13.1. The smallest absolute Gasteiger partial charge is 0.280 e. The zero-order chi connectivity index (χ0) is 21.2. The van der Waals surface area contributed by atoms with Crippen molar-refractivity contribution in [2.75, 3.05) is 13.1 Å². The van der Waals surface area contributed by atoms with E-state index in [9.17, 15) is 4.79 Å². The topological polar surface area (TPSA) is 89.9 Å². The number of nitrogens with zero attached hydrogens (tertiary/aromatic N) is 6. The highest BCUT2D eigenvalue weighted by molar-refractivity contribution is 6.30. The molecule has 0 radical (unpaired) electrons. The fourth-order valence-electron chi connectivity index (χ4n) is 3.70. The predicted octanol–water partition coefficient (Wildman–Crippen LogP) is 3.66. The van der Waals surface area contributed by atoms with Gasteiger partial charge in [-0.3, -0.25) is 4.79 Å². The predicted molar refractivity (Wildman–Crippen MR) is 114 cm³/mol. The molecule has 1 amide bonds. The van der Waals surface area contributed by atoms with Gasteiger partial charge in [0.15, 0.2) is 5.69 Å². The van der Waals surface area contributed by atoms with Crippen LogP contribution in [0, 0.1) is 0 Å². The minimum absolute atomic E-state index is 0.0566. The molecule has 9 heteroatoms. The molecule has 4 aromatic rings. The van der Waals surface area contributed by atoms with E-state index in [0.29, 0.717) is 41.9 Å². The first-order valence-electron chi connectivity index (χ1n) is 9.99. The van der Waals surface area contributed by atoms with Crippen molar-refractivity contribution in [2.45, 2.75) is 18.9 Å². The SMILES string of the molecule is O=C(Cc1cccc(Cl)c1)N1CC[C@H](n2cc(-c3nc(-c4ccccc4)no3)nn2)C1. The van der Waals surface area contributed by atoms with E-state index in [2.05, 4.69) is 20.5 Å². The minimum Gasteiger partial charge on any atom is -0.340 e. The number of halogens is 1. The van der Waals surface area contributed by atoms with Crippen LogP contribution >= 0.6 is 11.6 Å². The molecular formula is C22H19ClN6O2. The number of carbonyl (C=O) groups is 1. The van der Waals surface area contributed by atoms with Crippen LogP contribution in [0.5, 0.6) is 0 Å². The first-order valence-corrected chi connectivity index (χ1v) is 10.4. The lowest BCUT2D eigenvalue weighted by Gasteiger charge is -2.16. The molecule has 1 aliphatic rings. The lowest BCUT2D eigenvalue weighted by Crippen LogP contribution is -2.30. The Balaban J connectivity index is 1.25. The van der Waals surface area contributed by atoms with Gasteiger partial charge in [0.1, 0.15) is 0 Å². The van der Waals surface area contributed by atoms with Crippen molar-refractivity contribution >= 4 is 17.5 Å². The van der Waals surface area contributed by atoms with E-state index in [4.69, 9.17) is 16.1 Å². The van der Waals surface area contributed by atoms with E-state index in [0.717, 1.165) is 17.5 Å². The highest BCUT2D eigenvalue weighted by Gasteiger charge is 2.28. The van der Waals surface area contributed by atoms with Gasteiger partial charge in [0, 0.05) is 23.7 Å². The number of benzene rings is 2. The molecule has 1 atom stereocenters. The maximum Gasteiger partial charge on any atom is 0.280 e. The maximum atomic E-state index is 12.7. The molecule has 0 N–H and O–H groups in total. The van der Waals surface area contributed by atoms with Crippen molar-refractivity contribution < 1.29 is 9.32 Å². The molecule has 1 aliphatic heterocycles. The van der Waals surface area contributed by atoms with E-state index in [1.165, 1.54) is 0 Å². The van der Waals surface area contributed by atoms with Gasteiger partial charge in [0.2, 0.25) is 11.7 Å². The fraction of sp³-hybridized carbons (Fsp3) is 0.227. The van der Waals surface area contributed by atoms with Gasteiger partial charge in [-0.05, 0) is 24.1 Å². The Morgan fingerprint density at radius 3 is 2.87 bits per heavy atom. The molecule has 0 bridgehead atoms. The molecule has 1 saturated heterocycles. The van der Waals surface area contributed by atoms with E-state index < -0.39 is 0 Å². The summed E-state index contributed by atoms with van der Waals surface area (Å²) in [6, 6.07) is 17.0. The van der Waals surface area contributed by atoms with Crippen LogP contribution in [0.25, 0.3) is 23.0 Å². The number of hydrogen-bond donors (Lipinski definition) is 0. The van der Waals surface area contributed by atoms with E-state index in [-0.39, 0.29) is 11.9 Å². The number of hydrogen-bond acceptors (Lipinski definition) is 6. The molecule has 156 valence electrons. The summed E-state index contributed by atoms with van der Waals surface area (Å²) < 4.78 is 7.14. The Morgan fingerprint density at radius 1 is 1.16 bits per heavy atom. The van der Waals surface area contributed by atoms with Gasteiger partial charge in [0.25, 0.3) is 5.89 Å². The third kappa shape index (κ3) is 4.20. The second-order valence-electron chi connectivity index (χ2n) is 7.46. The molecule has 3 heterocycles. The zero-order valence-electron chi connectivity index (χ0n) is 16.6. The van der Waals surface area contributed by atoms with E-state index >= 15 is 0 Å². The zero-order valence-corrected chi connectivity index (χ0v) is 17.3. The Bertz CT molecular complexity index is 1210. The Kier molecular flexibility index (Phi) is 5.21. The third-order valence-electron chi connectivity index (χ3n) is 5.32. The van der Waals surface area contributed by atoms with Gasteiger partial charge in [-0.25, -0.2) is 4.68 Å². The van der Waals surface area contributed by atoms with Crippen LogP contribution in [0.1, 0.15) is 18.0 Å². The standard InChI is InChI=1S/C22H19ClN6O2/c23-17-8-4-5-15(11-17)12-20(30)28-10-9-18(13-28)29-14-19(25-27-29)22-24-21(26-31-22)16-6-2-1-3-7-16/h1-8,11,14,18H,9-10,12-13H2/t18-/m0/s1. The third-order valence-corrected chi connectivity index (χ3v) is 5.56. The summed E-state index contributed by atoms with van der Waals surface area (Å²) >= 11 is 6.02. The molecule has 8 nitrogen and oxygen atoms in total. The fourth-order valence-corrected chi connectivity index (χ4v) is 3.92. The summed E-state index contributed by atoms with van der Waals surface area (Å²) in [5.74, 6) is 0.898.